The van der Waals surface area contributed by atoms with Gasteiger partial charge < -0.3 is 5.32 Å². The minimum Gasteiger partial charge on any atom is -0.333 e. The van der Waals surface area contributed by atoms with Crippen molar-refractivity contribution >= 4 is 23.3 Å². The summed E-state index contributed by atoms with van der Waals surface area (Å²) in [6, 6.07) is 1.35. The SMILES string of the molecule is CC(C)N1C(=O)NCc2sccc2C1=O. The van der Waals surface area contributed by atoms with Crippen molar-refractivity contribution in [2.24, 2.45) is 0 Å². The highest BCUT2D eigenvalue weighted by atomic mass is 32.1. The van der Waals surface area contributed by atoms with E-state index < -0.39 is 0 Å². The van der Waals surface area contributed by atoms with Crippen molar-refractivity contribution in [1.29, 1.82) is 0 Å². The van der Waals surface area contributed by atoms with Gasteiger partial charge in [-0.05, 0) is 25.3 Å². The average Bonchev–Trinajstić information content (AvgIpc) is 2.57. The number of nitrogens with one attached hydrogen (secondary N) is 1. The molecule has 80 valence electrons. The van der Waals surface area contributed by atoms with Crippen LogP contribution in [0.25, 0.3) is 0 Å². The van der Waals surface area contributed by atoms with Gasteiger partial charge in [-0.3, -0.25) is 9.69 Å². The van der Waals surface area contributed by atoms with Crippen LogP contribution in [-0.4, -0.2) is 22.9 Å². The molecule has 0 atom stereocenters. The first-order chi connectivity index (χ1) is 7.11. The number of hydrogen-bond donors (Lipinski definition) is 1. The highest BCUT2D eigenvalue weighted by Gasteiger charge is 2.30. The normalized spacial score (nSPS) is 16.3. The van der Waals surface area contributed by atoms with Crippen molar-refractivity contribution < 1.29 is 9.59 Å². The minimum atomic E-state index is -0.307. The van der Waals surface area contributed by atoms with Gasteiger partial charge in [0.1, 0.15) is 0 Å². The average molecular weight is 224 g/mol. The third-order valence-electron chi connectivity index (χ3n) is 2.33. The van der Waals surface area contributed by atoms with E-state index in [0.29, 0.717) is 12.1 Å². The van der Waals surface area contributed by atoms with Crippen LogP contribution < -0.4 is 5.32 Å². The van der Waals surface area contributed by atoms with Gasteiger partial charge in [-0.25, -0.2) is 4.79 Å². The molecule has 0 saturated carbocycles. The molecule has 1 aliphatic heterocycles. The molecule has 0 aliphatic carbocycles. The van der Waals surface area contributed by atoms with Crippen molar-refractivity contribution in [2.75, 3.05) is 0 Å². The lowest BCUT2D eigenvalue weighted by Gasteiger charge is -2.22. The second-order valence-electron chi connectivity index (χ2n) is 3.69. The number of carbonyl (C=O) groups is 2. The number of carbonyl (C=O) groups excluding carboxylic acids is 2. The van der Waals surface area contributed by atoms with Crippen molar-refractivity contribution in [3.63, 3.8) is 0 Å². The van der Waals surface area contributed by atoms with Crippen molar-refractivity contribution in [3.8, 4) is 0 Å². The Morgan fingerprint density at radius 3 is 2.87 bits per heavy atom. The van der Waals surface area contributed by atoms with E-state index in [2.05, 4.69) is 5.32 Å². The van der Waals surface area contributed by atoms with Crippen molar-refractivity contribution in [2.45, 2.75) is 26.4 Å². The summed E-state index contributed by atoms with van der Waals surface area (Å²) in [5.41, 5.74) is 0.645. The molecule has 0 unspecified atom stereocenters. The van der Waals surface area contributed by atoms with Crippen LogP contribution in [0.4, 0.5) is 4.79 Å². The molecule has 0 spiro atoms. The Kier molecular flexibility index (Phi) is 2.48. The van der Waals surface area contributed by atoms with Crippen LogP contribution in [0.2, 0.25) is 0 Å². The van der Waals surface area contributed by atoms with Crippen LogP contribution in [0.3, 0.4) is 0 Å². The van der Waals surface area contributed by atoms with Gasteiger partial charge in [0, 0.05) is 10.9 Å². The maximum absolute atomic E-state index is 12.0. The lowest BCUT2D eigenvalue weighted by atomic mass is 10.2. The van der Waals surface area contributed by atoms with E-state index in [1.807, 2.05) is 19.2 Å². The highest BCUT2D eigenvalue weighted by molar-refractivity contribution is 7.10. The number of hydrogen-bond acceptors (Lipinski definition) is 3. The zero-order valence-corrected chi connectivity index (χ0v) is 9.43. The third kappa shape index (κ3) is 1.63. The Hall–Kier alpha value is -1.36. The van der Waals surface area contributed by atoms with Crippen LogP contribution in [0.5, 0.6) is 0 Å². The summed E-state index contributed by atoms with van der Waals surface area (Å²) in [5.74, 6) is -0.198. The molecule has 0 bridgehead atoms. The summed E-state index contributed by atoms with van der Waals surface area (Å²) in [6.07, 6.45) is 0. The van der Waals surface area contributed by atoms with Gasteiger partial charge in [-0.1, -0.05) is 0 Å². The van der Waals surface area contributed by atoms with E-state index >= 15 is 0 Å². The number of thiophene rings is 1. The fraction of sp³-hybridized carbons (Fsp3) is 0.400. The third-order valence-corrected chi connectivity index (χ3v) is 3.25. The Balaban J connectivity index is 2.43. The molecule has 0 fully saturated rings. The quantitative estimate of drug-likeness (QED) is 0.791. The molecule has 2 heterocycles. The summed E-state index contributed by atoms with van der Waals surface area (Å²) < 4.78 is 0. The largest absolute Gasteiger partial charge is 0.333 e. The smallest absolute Gasteiger partial charge is 0.324 e. The summed E-state index contributed by atoms with van der Waals surface area (Å²) in [7, 11) is 0. The van der Waals surface area contributed by atoms with E-state index in [0.717, 1.165) is 4.88 Å². The molecule has 3 amide bonds. The fourth-order valence-electron chi connectivity index (χ4n) is 1.60. The minimum absolute atomic E-state index is 0.122. The van der Waals surface area contributed by atoms with Crippen LogP contribution in [0, 0.1) is 0 Å². The summed E-state index contributed by atoms with van der Waals surface area (Å²) >= 11 is 1.50. The lowest BCUT2D eigenvalue weighted by Crippen LogP contribution is -2.45. The van der Waals surface area contributed by atoms with E-state index in [4.69, 9.17) is 0 Å². The summed E-state index contributed by atoms with van der Waals surface area (Å²) in [5, 5.41) is 4.60. The molecule has 1 aliphatic rings. The molecular weight excluding hydrogens is 212 g/mol. The Morgan fingerprint density at radius 1 is 1.47 bits per heavy atom. The molecule has 4 nitrogen and oxygen atoms in total. The highest BCUT2D eigenvalue weighted by Crippen LogP contribution is 2.22. The standard InChI is InChI=1S/C10H12N2O2S/c1-6(2)12-9(13)7-3-4-15-8(7)5-11-10(12)14/h3-4,6H,5H2,1-2H3,(H,11,14). The molecule has 1 N–H and O–H groups in total. The second-order valence-corrected chi connectivity index (χ2v) is 4.69. The summed E-state index contributed by atoms with van der Waals surface area (Å²) in [4.78, 5) is 25.8. The van der Waals surface area contributed by atoms with Gasteiger partial charge in [0.05, 0.1) is 12.1 Å². The van der Waals surface area contributed by atoms with Gasteiger partial charge in [0.15, 0.2) is 0 Å². The van der Waals surface area contributed by atoms with Gasteiger partial charge in [-0.15, -0.1) is 11.3 Å². The van der Waals surface area contributed by atoms with E-state index in [-0.39, 0.29) is 18.0 Å². The van der Waals surface area contributed by atoms with Crippen molar-refractivity contribution in [1.82, 2.24) is 10.2 Å². The predicted molar refractivity (Wildman–Crippen MR) is 57.9 cm³/mol. The molecule has 0 aromatic carbocycles. The molecular formula is C10H12N2O2S. The first-order valence-corrected chi connectivity index (χ1v) is 5.67. The zero-order chi connectivity index (χ0) is 11.0. The van der Waals surface area contributed by atoms with E-state index in [1.165, 1.54) is 16.2 Å². The van der Waals surface area contributed by atoms with Crippen LogP contribution in [0.15, 0.2) is 11.4 Å². The van der Waals surface area contributed by atoms with Gasteiger partial charge in [0.25, 0.3) is 5.91 Å². The van der Waals surface area contributed by atoms with Crippen LogP contribution in [-0.2, 0) is 6.54 Å². The molecule has 15 heavy (non-hydrogen) atoms. The van der Waals surface area contributed by atoms with Crippen molar-refractivity contribution in [3.05, 3.63) is 21.9 Å². The van der Waals surface area contributed by atoms with Gasteiger partial charge in [-0.2, -0.15) is 0 Å². The first kappa shape index (κ1) is 10.2. The van der Waals surface area contributed by atoms with Crippen LogP contribution >= 0.6 is 11.3 Å². The Labute approximate surface area is 91.9 Å². The Morgan fingerprint density at radius 2 is 2.20 bits per heavy atom. The maximum atomic E-state index is 12.0. The molecule has 0 radical (unpaired) electrons. The number of fused-ring (bicyclic) bond motifs is 1. The number of urea groups is 1. The van der Waals surface area contributed by atoms with Gasteiger partial charge >= 0.3 is 6.03 Å². The molecule has 0 saturated heterocycles. The molecule has 1 aromatic heterocycles. The summed E-state index contributed by atoms with van der Waals surface area (Å²) in [6.45, 7) is 4.10. The molecule has 2 rings (SSSR count). The number of imide groups is 1. The second kappa shape index (κ2) is 3.66. The number of nitrogens with zero attached hydrogens (tertiary/aromatic N) is 1. The maximum Gasteiger partial charge on any atom is 0.324 e. The molecule has 1 aromatic rings. The number of amides is 3. The zero-order valence-electron chi connectivity index (χ0n) is 8.61. The topological polar surface area (TPSA) is 49.4 Å². The fourth-order valence-corrected chi connectivity index (χ4v) is 2.41. The van der Waals surface area contributed by atoms with Gasteiger partial charge in [0.2, 0.25) is 0 Å². The predicted octanol–water partition coefficient (Wildman–Crippen LogP) is 1.82. The molecule has 5 heteroatoms. The van der Waals surface area contributed by atoms with Crippen LogP contribution in [0.1, 0.15) is 29.1 Å². The lowest BCUT2D eigenvalue weighted by molar-refractivity contribution is 0.0769. The first-order valence-electron chi connectivity index (χ1n) is 4.79. The Bertz CT molecular complexity index is 411. The number of rotatable bonds is 1. The van der Waals surface area contributed by atoms with E-state index in [9.17, 15) is 9.59 Å². The van der Waals surface area contributed by atoms with E-state index in [1.54, 1.807) is 6.07 Å². The monoisotopic (exact) mass is 224 g/mol.